The van der Waals surface area contributed by atoms with Crippen LogP contribution >= 0.6 is 0 Å². The quantitative estimate of drug-likeness (QED) is 0.299. The van der Waals surface area contributed by atoms with Crippen molar-refractivity contribution in [3.63, 3.8) is 0 Å². The molecule has 0 fully saturated rings. The van der Waals surface area contributed by atoms with Gasteiger partial charge in [-0.1, -0.05) is 0 Å². The molecule has 0 aromatic rings. The summed E-state index contributed by atoms with van der Waals surface area (Å²) in [5, 5.41) is 30.7. The first-order valence-electron chi connectivity index (χ1n) is 1.37. The van der Waals surface area contributed by atoms with Gasteiger partial charge in [0.05, 0.1) is 0 Å². The zero-order valence-corrected chi connectivity index (χ0v) is 4.25. The molecule has 0 amide bonds. The second kappa shape index (κ2) is 4.62. The Labute approximate surface area is 51.4 Å². The summed E-state index contributed by atoms with van der Waals surface area (Å²) in [5.41, 5.74) is 0. The van der Waals surface area contributed by atoms with Crippen molar-refractivity contribution in [2.24, 2.45) is 0 Å². The average Bonchev–Trinajstić information content (AvgIpc) is 1.36. The third kappa shape index (κ3) is 6.46. The van der Waals surface area contributed by atoms with Crippen LogP contribution in [0.1, 0.15) is 0 Å². The Balaban J connectivity index is 0. The van der Waals surface area contributed by atoms with Gasteiger partial charge in [0.2, 0.25) is 0 Å². The number of hydrogen-bond acceptors (Lipinski definition) is 4. The van der Waals surface area contributed by atoms with E-state index in [1.54, 1.807) is 0 Å². The van der Waals surface area contributed by atoms with Crippen molar-refractivity contribution in [3.8, 4) is 0 Å². The van der Waals surface area contributed by atoms with Crippen molar-refractivity contribution in [2.45, 2.75) is 0 Å². The van der Waals surface area contributed by atoms with Gasteiger partial charge in [0.15, 0.2) is 0 Å². The van der Waals surface area contributed by atoms with Crippen LogP contribution in [0.3, 0.4) is 0 Å². The van der Waals surface area contributed by atoms with E-state index in [1.807, 2.05) is 0 Å². The van der Waals surface area contributed by atoms with Gasteiger partial charge in [-0.3, -0.25) is 0 Å². The van der Waals surface area contributed by atoms with Gasteiger partial charge in [-0.25, -0.2) is 0 Å². The van der Waals surface area contributed by atoms with Gasteiger partial charge >= 0.3 is 14.0 Å². The summed E-state index contributed by atoms with van der Waals surface area (Å²) in [5.74, 6) is 0. The minimum Gasteiger partial charge on any atom is -0.429 e. The fourth-order valence-corrected chi connectivity index (χ4v) is 0. The minimum absolute atomic E-state index is 0. The van der Waals surface area contributed by atoms with Crippen molar-refractivity contribution in [2.75, 3.05) is 0 Å². The molecule has 0 atom stereocenters. The van der Waals surface area contributed by atoms with Crippen LogP contribution in [0.4, 0.5) is 0 Å². The summed E-state index contributed by atoms with van der Waals surface area (Å²) in [6, 6.07) is 0. The van der Waals surface area contributed by atoms with Crippen LogP contribution < -0.4 is 0 Å². The standard InChI is InChI=1S/B2H4O4.Ni/c3-1(4)2(5)6;/h3-6H;. The molecular weight excluding hydrogens is 144 g/mol. The van der Waals surface area contributed by atoms with Gasteiger partial charge in [0.1, 0.15) is 0 Å². The second-order valence-corrected chi connectivity index (χ2v) is 0.827. The van der Waals surface area contributed by atoms with Crippen LogP contribution in [0.15, 0.2) is 0 Å². The Morgan fingerprint density at radius 1 is 0.714 bits per heavy atom. The predicted octanol–water partition coefficient (Wildman–Crippen LogP) is -2.99. The van der Waals surface area contributed by atoms with Gasteiger partial charge in [0.25, 0.3) is 0 Å². The smallest absolute Gasteiger partial charge is 0.429 e. The third-order valence-electron chi connectivity index (χ3n) is 0.267. The summed E-state index contributed by atoms with van der Waals surface area (Å²) >= 11 is 0. The molecule has 0 aliphatic rings. The van der Waals surface area contributed by atoms with Crippen LogP contribution in [-0.4, -0.2) is 34.1 Å². The summed E-state index contributed by atoms with van der Waals surface area (Å²) in [7, 11) is -4.07. The molecule has 0 unspecified atom stereocenters. The van der Waals surface area contributed by atoms with E-state index in [4.69, 9.17) is 20.1 Å². The molecule has 0 aliphatic heterocycles. The maximum atomic E-state index is 7.69. The van der Waals surface area contributed by atoms with E-state index in [9.17, 15) is 0 Å². The van der Waals surface area contributed by atoms with E-state index in [1.165, 1.54) is 0 Å². The molecule has 0 bridgehead atoms. The molecule has 0 spiro atoms. The molecule has 0 rings (SSSR count). The first-order chi connectivity index (χ1) is 2.64. The number of hydrogen-bond donors (Lipinski definition) is 4. The van der Waals surface area contributed by atoms with Crippen molar-refractivity contribution in [1.82, 2.24) is 0 Å². The van der Waals surface area contributed by atoms with E-state index in [2.05, 4.69) is 0 Å². The third-order valence-corrected chi connectivity index (χ3v) is 0.267. The zero-order chi connectivity index (χ0) is 5.15. The first kappa shape index (κ1) is 10.4. The average molecular weight is 148 g/mol. The molecule has 0 aliphatic carbocycles. The Morgan fingerprint density at radius 2 is 0.857 bits per heavy atom. The first-order valence-corrected chi connectivity index (χ1v) is 1.37. The van der Waals surface area contributed by atoms with E-state index in [0.29, 0.717) is 0 Å². The fourth-order valence-electron chi connectivity index (χ4n) is 0. The largest absolute Gasteiger partial charge is 0.482 e. The summed E-state index contributed by atoms with van der Waals surface area (Å²) in [6.07, 6.45) is 0. The van der Waals surface area contributed by atoms with Gasteiger partial charge in [-0.15, -0.1) is 0 Å². The van der Waals surface area contributed by atoms with Gasteiger partial charge < -0.3 is 20.1 Å². The maximum Gasteiger partial charge on any atom is 0.482 e. The molecule has 0 radical (unpaired) electrons. The molecule has 0 aromatic heterocycles. The summed E-state index contributed by atoms with van der Waals surface area (Å²) < 4.78 is 0. The molecular formula is H4B2NiO4. The van der Waals surface area contributed by atoms with E-state index in [-0.39, 0.29) is 16.5 Å². The van der Waals surface area contributed by atoms with E-state index >= 15 is 0 Å². The van der Waals surface area contributed by atoms with Crippen LogP contribution in [0.25, 0.3) is 0 Å². The fraction of sp³-hybridized carbons (Fsp3) is 0. The predicted molar refractivity (Wildman–Crippen MR) is 20.4 cm³/mol. The van der Waals surface area contributed by atoms with Crippen molar-refractivity contribution in [1.29, 1.82) is 0 Å². The number of rotatable bonds is 1. The van der Waals surface area contributed by atoms with Crippen molar-refractivity contribution in [3.05, 3.63) is 0 Å². The van der Waals surface area contributed by atoms with Crippen LogP contribution in [0, 0.1) is 0 Å². The van der Waals surface area contributed by atoms with Crippen molar-refractivity contribution >= 4 is 14.0 Å². The van der Waals surface area contributed by atoms with Gasteiger partial charge in [-0.2, -0.15) is 0 Å². The Morgan fingerprint density at radius 3 is 0.857 bits per heavy atom. The molecule has 4 nitrogen and oxygen atoms in total. The van der Waals surface area contributed by atoms with Gasteiger partial charge in [-0.05, 0) is 0 Å². The minimum atomic E-state index is -2.04. The van der Waals surface area contributed by atoms with Crippen LogP contribution in [0.2, 0.25) is 0 Å². The summed E-state index contributed by atoms with van der Waals surface area (Å²) in [6.45, 7) is 0. The second-order valence-electron chi connectivity index (χ2n) is 0.827. The monoisotopic (exact) mass is 148 g/mol. The van der Waals surface area contributed by atoms with Crippen LogP contribution in [0.5, 0.6) is 0 Å². The van der Waals surface area contributed by atoms with Crippen molar-refractivity contribution < 1.29 is 36.6 Å². The van der Waals surface area contributed by atoms with E-state index < -0.39 is 14.0 Å². The molecule has 0 heterocycles. The summed E-state index contributed by atoms with van der Waals surface area (Å²) in [4.78, 5) is 0. The molecule has 4 N–H and O–H groups in total. The zero-order valence-electron chi connectivity index (χ0n) is 3.26. The van der Waals surface area contributed by atoms with E-state index in [0.717, 1.165) is 0 Å². The topological polar surface area (TPSA) is 80.9 Å². The Bertz CT molecular complexity index is 30.7. The molecule has 0 saturated carbocycles. The molecule has 0 aromatic carbocycles. The SMILES string of the molecule is OB(O)B(O)O.[Ni]. The molecule has 7 heteroatoms. The van der Waals surface area contributed by atoms with Crippen LogP contribution in [-0.2, 0) is 16.5 Å². The molecule has 44 valence electrons. The normalized spacial score (nSPS) is 6.86. The Kier molecular flexibility index (Phi) is 6.89. The maximum absolute atomic E-state index is 7.69. The Hall–Kier alpha value is 0.463. The molecule has 7 heavy (non-hydrogen) atoms. The molecule has 0 saturated heterocycles. The van der Waals surface area contributed by atoms with Gasteiger partial charge in [0, 0.05) is 16.5 Å².